The molecule has 1 aromatic rings. The Morgan fingerprint density at radius 2 is 2.20 bits per heavy atom. The van der Waals surface area contributed by atoms with Crippen LogP contribution in [-0.2, 0) is 12.8 Å². The molecule has 0 saturated carbocycles. The maximum atomic E-state index is 11.5. The number of fused-ring (bicyclic) bond motifs is 1. The second kappa shape index (κ2) is 3.84. The molecule has 1 aliphatic carbocycles. The van der Waals surface area contributed by atoms with Crippen molar-refractivity contribution in [2.45, 2.75) is 19.3 Å². The highest BCUT2D eigenvalue weighted by molar-refractivity contribution is 5.88. The molecule has 15 heavy (non-hydrogen) atoms. The summed E-state index contributed by atoms with van der Waals surface area (Å²) in [6.45, 7) is 0. The van der Waals surface area contributed by atoms with Crippen LogP contribution in [-0.4, -0.2) is 35.0 Å². The smallest absolute Gasteiger partial charge is 0.322 e. The second-order valence-corrected chi connectivity index (χ2v) is 3.83. The second-order valence-electron chi connectivity index (χ2n) is 3.83. The molecule has 0 radical (unpaired) electrons. The van der Waals surface area contributed by atoms with Crippen LogP contribution in [0.15, 0.2) is 6.33 Å². The van der Waals surface area contributed by atoms with E-state index in [0.717, 1.165) is 30.5 Å². The van der Waals surface area contributed by atoms with Gasteiger partial charge in [-0.05, 0) is 19.3 Å². The Morgan fingerprint density at radius 1 is 1.40 bits per heavy atom. The molecule has 80 valence electrons. The van der Waals surface area contributed by atoms with E-state index in [1.54, 1.807) is 14.1 Å². The Morgan fingerprint density at radius 3 is 2.93 bits per heavy atom. The molecular formula is C10H14N4O. The van der Waals surface area contributed by atoms with Gasteiger partial charge in [0.1, 0.15) is 12.1 Å². The summed E-state index contributed by atoms with van der Waals surface area (Å²) in [4.78, 5) is 21.3. The summed E-state index contributed by atoms with van der Waals surface area (Å²) in [5.41, 5.74) is 2.16. The molecular weight excluding hydrogens is 192 g/mol. The molecule has 2 amide bonds. The van der Waals surface area contributed by atoms with Crippen LogP contribution < -0.4 is 5.32 Å². The molecule has 0 aromatic carbocycles. The normalized spacial score (nSPS) is 13.5. The van der Waals surface area contributed by atoms with Crippen molar-refractivity contribution in [3.05, 3.63) is 17.6 Å². The van der Waals surface area contributed by atoms with Crippen LogP contribution in [0, 0.1) is 0 Å². The molecule has 0 bridgehead atoms. The van der Waals surface area contributed by atoms with Crippen molar-refractivity contribution in [1.82, 2.24) is 14.9 Å². The first-order valence-electron chi connectivity index (χ1n) is 4.99. The van der Waals surface area contributed by atoms with Gasteiger partial charge in [0.2, 0.25) is 0 Å². The molecule has 0 saturated heterocycles. The first-order valence-corrected chi connectivity index (χ1v) is 4.99. The minimum atomic E-state index is -0.150. The number of nitrogens with one attached hydrogen (secondary N) is 1. The number of urea groups is 1. The van der Waals surface area contributed by atoms with E-state index in [4.69, 9.17) is 0 Å². The standard InChI is InChI=1S/C10H14N4O/c1-14(2)10(15)13-9-7-4-3-5-8(7)11-6-12-9/h6H,3-5H2,1-2H3,(H,11,12,13,15). The van der Waals surface area contributed by atoms with Crippen molar-refractivity contribution in [3.8, 4) is 0 Å². The Bertz CT molecular complexity index is 389. The van der Waals surface area contributed by atoms with Crippen LogP contribution in [0.2, 0.25) is 0 Å². The molecule has 1 aromatic heterocycles. The van der Waals surface area contributed by atoms with E-state index in [1.807, 2.05) is 0 Å². The van der Waals surface area contributed by atoms with Gasteiger partial charge in [0.25, 0.3) is 0 Å². The summed E-state index contributed by atoms with van der Waals surface area (Å²) >= 11 is 0. The Labute approximate surface area is 88.5 Å². The summed E-state index contributed by atoms with van der Waals surface area (Å²) in [6.07, 6.45) is 4.55. The van der Waals surface area contributed by atoms with Gasteiger partial charge in [-0.2, -0.15) is 0 Å². The summed E-state index contributed by atoms with van der Waals surface area (Å²) in [5.74, 6) is 0.663. The lowest BCUT2D eigenvalue weighted by atomic mass is 10.2. The highest BCUT2D eigenvalue weighted by Gasteiger charge is 2.18. The number of aryl methyl sites for hydroxylation is 1. The number of carbonyl (C=O) groups is 1. The topological polar surface area (TPSA) is 58.1 Å². The van der Waals surface area contributed by atoms with Crippen LogP contribution in [0.1, 0.15) is 17.7 Å². The quantitative estimate of drug-likeness (QED) is 0.747. The number of anilines is 1. The van der Waals surface area contributed by atoms with E-state index in [1.165, 1.54) is 11.2 Å². The first-order chi connectivity index (χ1) is 7.18. The van der Waals surface area contributed by atoms with E-state index in [2.05, 4.69) is 15.3 Å². The number of hydrogen-bond acceptors (Lipinski definition) is 3. The number of amides is 2. The monoisotopic (exact) mass is 206 g/mol. The number of aromatic nitrogens is 2. The Balaban J connectivity index is 2.22. The van der Waals surface area contributed by atoms with Gasteiger partial charge < -0.3 is 4.90 Å². The zero-order chi connectivity index (χ0) is 10.8. The van der Waals surface area contributed by atoms with Crippen LogP contribution in [0.4, 0.5) is 10.6 Å². The molecule has 0 fully saturated rings. The highest BCUT2D eigenvalue weighted by Crippen LogP contribution is 2.24. The van der Waals surface area contributed by atoms with Crippen LogP contribution in [0.5, 0.6) is 0 Å². The van der Waals surface area contributed by atoms with E-state index in [-0.39, 0.29) is 6.03 Å². The molecule has 1 aliphatic rings. The van der Waals surface area contributed by atoms with Gasteiger partial charge >= 0.3 is 6.03 Å². The van der Waals surface area contributed by atoms with Crippen molar-refractivity contribution >= 4 is 11.8 Å². The fourth-order valence-electron chi connectivity index (χ4n) is 1.68. The van der Waals surface area contributed by atoms with Gasteiger partial charge in [-0.3, -0.25) is 5.32 Å². The minimum Gasteiger partial charge on any atom is -0.331 e. The third kappa shape index (κ3) is 1.91. The van der Waals surface area contributed by atoms with Gasteiger partial charge in [0, 0.05) is 25.4 Å². The maximum absolute atomic E-state index is 11.5. The molecule has 2 rings (SSSR count). The lowest BCUT2D eigenvalue weighted by molar-refractivity contribution is 0.230. The van der Waals surface area contributed by atoms with E-state index < -0.39 is 0 Å². The number of nitrogens with zero attached hydrogens (tertiary/aromatic N) is 3. The van der Waals surface area contributed by atoms with E-state index >= 15 is 0 Å². The molecule has 0 atom stereocenters. The van der Waals surface area contributed by atoms with E-state index in [9.17, 15) is 4.79 Å². The predicted molar refractivity (Wildman–Crippen MR) is 56.8 cm³/mol. The largest absolute Gasteiger partial charge is 0.331 e. The molecule has 0 spiro atoms. The van der Waals surface area contributed by atoms with Crippen molar-refractivity contribution in [3.63, 3.8) is 0 Å². The van der Waals surface area contributed by atoms with Gasteiger partial charge in [0.05, 0.1) is 0 Å². The maximum Gasteiger partial charge on any atom is 0.322 e. The lowest BCUT2D eigenvalue weighted by Crippen LogP contribution is -2.28. The zero-order valence-electron chi connectivity index (χ0n) is 8.95. The zero-order valence-corrected chi connectivity index (χ0v) is 8.95. The number of carbonyl (C=O) groups excluding carboxylic acids is 1. The highest BCUT2D eigenvalue weighted by atomic mass is 16.2. The Kier molecular flexibility index (Phi) is 2.53. The SMILES string of the molecule is CN(C)C(=O)Nc1ncnc2c1CCC2. The molecule has 0 aliphatic heterocycles. The summed E-state index contributed by atoms with van der Waals surface area (Å²) in [7, 11) is 3.41. The number of hydrogen-bond donors (Lipinski definition) is 1. The molecule has 1 N–H and O–H groups in total. The summed E-state index contributed by atoms with van der Waals surface area (Å²) < 4.78 is 0. The van der Waals surface area contributed by atoms with Gasteiger partial charge in [-0.15, -0.1) is 0 Å². The third-order valence-electron chi connectivity index (χ3n) is 2.51. The molecule has 5 nitrogen and oxygen atoms in total. The molecule has 1 heterocycles. The van der Waals surface area contributed by atoms with E-state index in [0.29, 0.717) is 5.82 Å². The summed E-state index contributed by atoms with van der Waals surface area (Å²) in [5, 5.41) is 2.78. The first kappa shape index (κ1) is 9.89. The van der Waals surface area contributed by atoms with Crippen molar-refractivity contribution in [2.24, 2.45) is 0 Å². The fourth-order valence-corrected chi connectivity index (χ4v) is 1.68. The van der Waals surface area contributed by atoms with Crippen LogP contribution in [0.25, 0.3) is 0 Å². The predicted octanol–water partition coefficient (Wildman–Crippen LogP) is 1.06. The van der Waals surface area contributed by atoms with Crippen molar-refractivity contribution in [2.75, 3.05) is 19.4 Å². The number of rotatable bonds is 1. The third-order valence-corrected chi connectivity index (χ3v) is 2.51. The van der Waals surface area contributed by atoms with Crippen molar-refractivity contribution in [1.29, 1.82) is 0 Å². The molecule has 5 heteroatoms. The average molecular weight is 206 g/mol. The lowest BCUT2D eigenvalue weighted by Gasteiger charge is -2.13. The van der Waals surface area contributed by atoms with Crippen LogP contribution >= 0.6 is 0 Å². The van der Waals surface area contributed by atoms with Crippen molar-refractivity contribution < 1.29 is 4.79 Å². The van der Waals surface area contributed by atoms with Gasteiger partial charge in [0.15, 0.2) is 0 Å². The van der Waals surface area contributed by atoms with Gasteiger partial charge in [-0.1, -0.05) is 0 Å². The minimum absolute atomic E-state index is 0.150. The van der Waals surface area contributed by atoms with Gasteiger partial charge in [-0.25, -0.2) is 14.8 Å². The Hall–Kier alpha value is -1.65. The average Bonchev–Trinajstić information content (AvgIpc) is 2.66. The fraction of sp³-hybridized carbons (Fsp3) is 0.500. The van der Waals surface area contributed by atoms with Crippen LogP contribution in [0.3, 0.4) is 0 Å². The molecule has 0 unspecified atom stereocenters. The summed E-state index contributed by atoms with van der Waals surface area (Å²) in [6, 6.07) is -0.150.